The Morgan fingerprint density at radius 2 is 1.94 bits per heavy atom. The largest absolute Gasteiger partial charge is 0.454 e. The molecule has 2 aliphatic rings. The van der Waals surface area contributed by atoms with Crippen LogP contribution in [0.3, 0.4) is 0 Å². The van der Waals surface area contributed by atoms with Crippen molar-refractivity contribution in [1.29, 1.82) is 5.26 Å². The van der Waals surface area contributed by atoms with Crippen LogP contribution in [0.25, 0.3) is 0 Å². The molecule has 1 atom stereocenters. The molecule has 0 saturated heterocycles. The minimum Gasteiger partial charge on any atom is -0.454 e. The summed E-state index contributed by atoms with van der Waals surface area (Å²) in [5, 5.41) is 14.5. The molecule has 10 nitrogen and oxygen atoms in total. The summed E-state index contributed by atoms with van der Waals surface area (Å²) in [5.41, 5.74) is 7.24. The molecule has 1 spiro atoms. The predicted octanol–water partition coefficient (Wildman–Crippen LogP) is 4.10. The smallest absolute Gasteiger partial charge is 0.413 e. The van der Waals surface area contributed by atoms with E-state index >= 15 is 0 Å². The van der Waals surface area contributed by atoms with Crippen LogP contribution in [-0.4, -0.2) is 31.1 Å². The van der Waals surface area contributed by atoms with Crippen molar-refractivity contribution in [2.24, 2.45) is 5.92 Å². The Morgan fingerprint density at radius 3 is 2.57 bits per heavy atom. The maximum atomic E-state index is 12.2. The third kappa shape index (κ3) is 5.12. The van der Waals surface area contributed by atoms with Gasteiger partial charge in [0.05, 0.1) is 33.8 Å². The lowest BCUT2D eigenvalue weighted by molar-refractivity contribution is -0.122. The van der Waals surface area contributed by atoms with E-state index in [1.165, 1.54) is 0 Å². The second-order valence-electron chi connectivity index (χ2n) is 8.01. The van der Waals surface area contributed by atoms with Crippen molar-refractivity contribution >= 4 is 52.5 Å². The topological polar surface area (TPSA) is 142 Å². The standard InChI is InChI=1S/C23H21Cl2N5O5/c1-2-34-22(33)29-20(31)12(10-26)11-27-30-13-7-16(24)19(17(25)8-13)35-14-3-4-18-15(9-14)23(5-6-23)21(32)28-18/h3-4,7-9,12,27,30H,2,5-6,11H2,1H3,(H,28,32)(H,29,31,33). The van der Waals surface area contributed by atoms with Crippen molar-refractivity contribution in [2.45, 2.75) is 25.2 Å². The number of imide groups is 1. The fourth-order valence-electron chi connectivity index (χ4n) is 3.73. The number of benzene rings is 2. The van der Waals surface area contributed by atoms with Crippen LogP contribution >= 0.6 is 23.2 Å². The van der Waals surface area contributed by atoms with Crippen LogP contribution in [0.1, 0.15) is 25.3 Å². The van der Waals surface area contributed by atoms with Gasteiger partial charge in [0.15, 0.2) is 5.75 Å². The average molecular weight is 518 g/mol. The molecule has 2 aromatic rings. The van der Waals surface area contributed by atoms with Crippen molar-refractivity contribution in [3.8, 4) is 17.6 Å². The number of alkyl carbamates (subject to hydrolysis) is 1. The molecule has 4 rings (SSSR count). The molecule has 1 fully saturated rings. The highest BCUT2D eigenvalue weighted by molar-refractivity contribution is 6.37. The Labute approximate surface area is 210 Å². The minimum absolute atomic E-state index is 0.0145. The van der Waals surface area contributed by atoms with Gasteiger partial charge in [0, 0.05) is 12.2 Å². The first-order chi connectivity index (χ1) is 16.8. The average Bonchev–Trinajstić information content (AvgIpc) is 3.57. The number of nitrogens with zero attached hydrogens (tertiary/aromatic N) is 1. The van der Waals surface area contributed by atoms with Gasteiger partial charge in [-0.1, -0.05) is 23.2 Å². The Morgan fingerprint density at radius 1 is 1.23 bits per heavy atom. The molecule has 1 aliphatic heterocycles. The summed E-state index contributed by atoms with van der Waals surface area (Å²) in [4.78, 5) is 35.6. The summed E-state index contributed by atoms with van der Waals surface area (Å²) < 4.78 is 10.6. The number of carbonyl (C=O) groups excluding carboxylic acids is 3. The van der Waals surface area contributed by atoms with Crippen LogP contribution in [0.5, 0.6) is 11.5 Å². The highest BCUT2D eigenvalue weighted by Gasteiger charge is 2.56. The van der Waals surface area contributed by atoms with E-state index in [0.29, 0.717) is 11.4 Å². The normalized spacial score (nSPS) is 15.4. The van der Waals surface area contributed by atoms with E-state index in [2.05, 4.69) is 20.9 Å². The zero-order chi connectivity index (χ0) is 25.2. The maximum absolute atomic E-state index is 12.2. The first-order valence-corrected chi connectivity index (χ1v) is 11.5. The molecule has 182 valence electrons. The number of hydrazine groups is 1. The molecule has 0 aromatic heterocycles. The summed E-state index contributed by atoms with van der Waals surface area (Å²) in [6, 6.07) is 10.3. The van der Waals surface area contributed by atoms with E-state index in [1.54, 1.807) is 37.3 Å². The summed E-state index contributed by atoms with van der Waals surface area (Å²) in [7, 11) is 0. The number of ether oxygens (including phenoxy) is 2. The van der Waals surface area contributed by atoms with Gasteiger partial charge in [-0.15, -0.1) is 0 Å². The van der Waals surface area contributed by atoms with Crippen LogP contribution in [0.4, 0.5) is 16.2 Å². The molecule has 0 radical (unpaired) electrons. The number of fused-ring (bicyclic) bond motifs is 2. The number of halogens is 2. The van der Waals surface area contributed by atoms with Gasteiger partial charge in [-0.2, -0.15) is 5.26 Å². The molecule has 12 heteroatoms. The molecule has 3 amide bonds. The van der Waals surface area contributed by atoms with Gasteiger partial charge in [0.2, 0.25) is 11.8 Å². The fourth-order valence-corrected chi connectivity index (χ4v) is 4.30. The van der Waals surface area contributed by atoms with Crippen LogP contribution in [0.15, 0.2) is 30.3 Å². The Balaban J connectivity index is 1.38. The lowest BCUT2D eigenvalue weighted by atomic mass is 9.98. The van der Waals surface area contributed by atoms with Gasteiger partial charge in [-0.05, 0) is 55.7 Å². The van der Waals surface area contributed by atoms with Gasteiger partial charge >= 0.3 is 6.09 Å². The number of hydrogen-bond acceptors (Lipinski definition) is 8. The summed E-state index contributed by atoms with van der Waals surface area (Å²) in [6.07, 6.45) is 0.696. The number of nitriles is 1. The van der Waals surface area contributed by atoms with E-state index in [9.17, 15) is 19.6 Å². The van der Waals surface area contributed by atoms with Crippen LogP contribution < -0.4 is 26.2 Å². The summed E-state index contributed by atoms with van der Waals surface area (Å²) in [6.45, 7) is 1.58. The minimum atomic E-state index is -1.16. The van der Waals surface area contributed by atoms with Crippen LogP contribution in [0, 0.1) is 17.2 Å². The fraction of sp³-hybridized carbons (Fsp3) is 0.304. The highest BCUT2D eigenvalue weighted by Crippen LogP contribution is 2.56. The van der Waals surface area contributed by atoms with E-state index in [4.69, 9.17) is 27.9 Å². The second kappa shape index (κ2) is 10.00. The molecule has 0 bridgehead atoms. The number of carbonyl (C=O) groups is 3. The van der Waals surface area contributed by atoms with Crippen molar-refractivity contribution in [1.82, 2.24) is 10.7 Å². The maximum Gasteiger partial charge on any atom is 0.413 e. The van der Waals surface area contributed by atoms with Crippen molar-refractivity contribution in [2.75, 3.05) is 23.9 Å². The predicted molar refractivity (Wildman–Crippen MR) is 128 cm³/mol. The van der Waals surface area contributed by atoms with Crippen molar-refractivity contribution in [3.63, 3.8) is 0 Å². The Hall–Kier alpha value is -3.52. The molecule has 35 heavy (non-hydrogen) atoms. The number of amides is 3. The van der Waals surface area contributed by atoms with Gasteiger partial charge in [-0.25, -0.2) is 10.2 Å². The van der Waals surface area contributed by atoms with Gasteiger partial charge in [-0.3, -0.25) is 14.9 Å². The van der Waals surface area contributed by atoms with Crippen LogP contribution in [0.2, 0.25) is 10.0 Å². The van der Waals surface area contributed by atoms with E-state index in [0.717, 1.165) is 24.1 Å². The number of rotatable bonds is 8. The molecule has 1 unspecified atom stereocenters. The summed E-state index contributed by atoms with van der Waals surface area (Å²) >= 11 is 12.8. The van der Waals surface area contributed by atoms with Crippen LogP contribution in [-0.2, 0) is 19.7 Å². The molecular formula is C23H21Cl2N5O5. The molecule has 1 aliphatic carbocycles. The quantitative estimate of drug-likeness (QED) is 0.383. The molecule has 1 heterocycles. The number of anilines is 2. The summed E-state index contributed by atoms with van der Waals surface area (Å²) in [5.74, 6) is -1.19. The van der Waals surface area contributed by atoms with Crippen molar-refractivity contribution < 1.29 is 23.9 Å². The highest BCUT2D eigenvalue weighted by atomic mass is 35.5. The lowest BCUT2D eigenvalue weighted by Crippen LogP contribution is -2.40. The monoisotopic (exact) mass is 517 g/mol. The van der Waals surface area contributed by atoms with Gasteiger partial charge in [0.25, 0.3) is 0 Å². The first kappa shape index (κ1) is 24.6. The Kier molecular flexibility index (Phi) is 7.03. The number of hydrogen-bond donors (Lipinski definition) is 4. The second-order valence-corrected chi connectivity index (χ2v) is 8.83. The first-order valence-electron chi connectivity index (χ1n) is 10.8. The third-order valence-electron chi connectivity index (χ3n) is 5.67. The number of nitrogens with one attached hydrogen (secondary N) is 4. The zero-order valence-corrected chi connectivity index (χ0v) is 20.0. The van der Waals surface area contributed by atoms with Gasteiger partial charge < -0.3 is 20.2 Å². The van der Waals surface area contributed by atoms with E-state index in [-0.39, 0.29) is 34.9 Å². The molecule has 2 aromatic carbocycles. The Bertz CT molecular complexity index is 1220. The van der Waals surface area contributed by atoms with E-state index < -0.39 is 23.3 Å². The van der Waals surface area contributed by atoms with Gasteiger partial charge in [0.1, 0.15) is 11.7 Å². The SMILES string of the molecule is CCOC(=O)NC(=O)C(C#N)CNNc1cc(Cl)c(Oc2ccc3c(c2)C2(CC2)C(=O)N3)c(Cl)c1. The molecule has 1 saturated carbocycles. The van der Waals surface area contributed by atoms with E-state index in [1.807, 2.05) is 11.4 Å². The lowest BCUT2D eigenvalue weighted by Gasteiger charge is -2.15. The molecule has 4 N–H and O–H groups in total. The zero-order valence-electron chi connectivity index (χ0n) is 18.5. The molecular weight excluding hydrogens is 497 g/mol. The van der Waals surface area contributed by atoms with Crippen molar-refractivity contribution in [3.05, 3.63) is 45.9 Å². The third-order valence-corrected chi connectivity index (χ3v) is 6.23.